The molecule has 1 aromatic carbocycles. The quantitative estimate of drug-likeness (QED) is 0.630. The molecule has 0 unspecified atom stereocenters. The van der Waals surface area contributed by atoms with E-state index in [9.17, 15) is 9.70 Å². The number of hydrogen-bond donors (Lipinski definition) is 0. The molecule has 0 aliphatic rings. The lowest BCUT2D eigenvalue weighted by Gasteiger charge is -2.00. The van der Waals surface area contributed by atoms with Gasteiger partial charge in [0.25, 0.3) is 0 Å². The summed E-state index contributed by atoms with van der Waals surface area (Å²) in [6.07, 6.45) is 0. The molecule has 2 aromatic rings. The molecule has 19 heavy (non-hydrogen) atoms. The number of carbonyl (C=O) groups is 1. The van der Waals surface area contributed by atoms with Crippen LogP contribution in [0.4, 0.5) is 5.69 Å². The maximum absolute atomic E-state index is 11.5. The Hall–Kier alpha value is -2.08. The maximum Gasteiger partial charge on any atom is 0.357 e. The molecule has 6 heteroatoms. The van der Waals surface area contributed by atoms with Crippen LogP contribution in [0.1, 0.15) is 23.0 Å². The Morgan fingerprint density at radius 1 is 1.47 bits per heavy atom. The smallest absolute Gasteiger partial charge is 0.357 e. The average molecular weight is 276 g/mol. The topological polar surface area (TPSA) is 68.6 Å². The van der Waals surface area contributed by atoms with E-state index in [1.165, 1.54) is 11.3 Å². The molecule has 98 valence electrons. The lowest BCUT2D eigenvalue weighted by Crippen LogP contribution is -2.04. The van der Waals surface area contributed by atoms with Gasteiger partial charge in [0.2, 0.25) is 0 Å². The predicted molar refractivity (Wildman–Crippen MR) is 73.7 cm³/mol. The first kappa shape index (κ1) is 13.4. The molecule has 1 aromatic heterocycles. The summed E-state index contributed by atoms with van der Waals surface area (Å²) in [7, 11) is 0. The summed E-state index contributed by atoms with van der Waals surface area (Å²) in [6, 6.07) is 5.23. The van der Waals surface area contributed by atoms with E-state index in [1.54, 1.807) is 31.4 Å². The second kappa shape index (κ2) is 5.71. The highest BCUT2D eigenvalue weighted by molar-refractivity contribution is 7.13. The number of nitroso groups, excluding NO2 is 1. The van der Waals surface area contributed by atoms with Crippen LogP contribution in [0.2, 0.25) is 0 Å². The van der Waals surface area contributed by atoms with E-state index in [0.29, 0.717) is 23.0 Å². The summed E-state index contributed by atoms with van der Waals surface area (Å²) in [5.41, 5.74) is 2.34. The van der Waals surface area contributed by atoms with Gasteiger partial charge in [-0.1, -0.05) is 0 Å². The average Bonchev–Trinajstić information content (AvgIpc) is 2.88. The van der Waals surface area contributed by atoms with Crippen LogP contribution in [0.5, 0.6) is 0 Å². The number of nitrogens with zero attached hydrogens (tertiary/aromatic N) is 2. The SMILES string of the molecule is CCOC(=O)c1csc(-c2ccc(N=O)c(C)c2)n1. The third-order valence-electron chi connectivity index (χ3n) is 2.53. The highest BCUT2D eigenvalue weighted by Gasteiger charge is 2.13. The van der Waals surface area contributed by atoms with E-state index in [-0.39, 0.29) is 0 Å². The van der Waals surface area contributed by atoms with Crippen LogP contribution in [0.25, 0.3) is 10.6 Å². The molecule has 0 N–H and O–H groups in total. The van der Waals surface area contributed by atoms with Crippen LogP contribution in [0.15, 0.2) is 28.8 Å². The molecule has 0 amide bonds. The molecule has 5 nitrogen and oxygen atoms in total. The number of thiazole rings is 1. The first-order chi connectivity index (χ1) is 9.15. The minimum atomic E-state index is -0.423. The summed E-state index contributed by atoms with van der Waals surface area (Å²) in [5.74, 6) is -0.423. The fourth-order valence-electron chi connectivity index (χ4n) is 1.60. The summed E-state index contributed by atoms with van der Waals surface area (Å²) in [6.45, 7) is 3.88. The maximum atomic E-state index is 11.5. The van der Waals surface area contributed by atoms with E-state index >= 15 is 0 Å². The van der Waals surface area contributed by atoms with Crippen molar-refractivity contribution in [2.75, 3.05) is 6.61 Å². The van der Waals surface area contributed by atoms with E-state index in [4.69, 9.17) is 4.74 Å². The van der Waals surface area contributed by atoms with Gasteiger partial charge in [0.1, 0.15) is 10.7 Å². The van der Waals surface area contributed by atoms with Crippen LogP contribution < -0.4 is 0 Å². The van der Waals surface area contributed by atoms with Crippen LogP contribution in [-0.4, -0.2) is 17.6 Å². The fraction of sp³-hybridized carbons (Fsp3) is 0.231. The second-order valence-electron chi connectivity index (χ2n) is 3.85. The molecule has 0 bridgehead atoms. The second-order valence-corrected chi connectivity index (χ2v) is 4.71. The molecule has 0 radical (unpaired) electrons. The third kappa shape index (κ3) is 2.85. The zero-order valence-electron chi connectivity index (χ0n) is 10.5. The van der Waals surface area contributed by atoms with E-state index < -0.39 is 5.97 Å². The highest BCUT2D eigenvalue weighted by Crippen LogP contribution is 2.28. The van der Waals surface area contributed by atoms with Crippen LogP contribution in [0, 0.1) is 11.8 Å². The zero-order chi connectivity index (χ0) is 13.8. The van der Waals surface area contributed by atoms with Gasteiger partial charge in [-0.15, -0.1) is 16.2 Å². The molecule has 0 aliphatic carbocycles. The summed E-state index contributed by atoms with van der Waals surface area (Å²) in [4.78, 5) is 26.3. The normalized spacial score (nSPS) is 10.2. The van der Waals surface area contributed by atoms with Crippen molar-refractivity contribution in [3.05, 3.63) is 39.7 Å². The zero-order valence-corrected chi connectivity index (χ0v) is 11.4. The number of ether oxygens (including phenoxy) is 1. The number of aromatic nitrogens is 1. The molecular weight excluding hydrogens is 264 g/mol. The molecule has 2 rings (SSSR count). The lowest BCUT2D eigenvalue weighted by atomic mass is 10.1. The number of esters is 1. The first-order valence-electron chi connectivity index (χ1n) is 5.72. The Morgan fingerprint density at radius 2 is 2.26 bits per heavy atom. The minimum Gasteiger partial charge on any atom is -0.461 e. The Bertz CT molecular complexity index is 622. The molecular formula is C13H12N2O3S. The van der Waals surface area contributed by atoms with E-state index in [2.05, 4.69) is 10.2 Å². The van der Waals surface area contributed by atoms with Gasteiger partial charge in [-0.05, 0) is 42.8 Å². The van der Waals surface area contributed by atoms with Crippen molar-refractivity contribution in [1.82, 2.24) is 4.98 Å². The van der Waals surface area contributed by atoms with Gasteiger partial charge in [0.05, 0.1) is 6.61 Å². The standard InChI is InChI=1S/C13H12N2O3S/c1-3-18-13(16)11-7-19-12(14-11)9-4-5-10(15-17)8(2)6-9/h4-7H,3H2,1-2H3. The first-order valence-corrected chi connectivity index (χ1v) is 6.60. The largest absolute Gasteiger partial charge is 0.461 e. The molecule has 0 spiro atoms. The molecule has 1 heterocycles. The monoisotopic (exact) mass is 276 g/mol. The van der Waals surface area contributed by atoms with Crippen molar-refractivity contribution in [2.45, 2.75) is 13.8 Å². The molecule has 0 saturated carbocycles. The van der Waals surface area contributed by atoms with Gasteiger partial charge >= 0.3 is 5.97 Å². The van der Waals surface area contributed by atoms with Crippen LogP contribution in [0.3, 0.4) is 0 Å². The van der Waals surface area contributed by atoms with Gasteiger partial charge in [0, 0.05) is 10.9 Å². The summed E-state index contributed by atoms with van der Waals surface area (Å²) >= 11 is 1.36. The van der Waals surface area contributed by atoms with Crippen molar-refractivity contribution in [1.29, 1.82) is 0 Å². The Labute approximate surface area is 114 Å². The van der Waals surface area contributed by atoms with Gasteiger partial charge in [-0.2, -0.15) is 0 Å². The van der Waals surface area contributed by atoms with Crippen LogP contribution >= 0.6 is 11.3 Å². The highest BCUT2D eigenvalue weighted by atomic mass is 32.1. The Kier molecular flexibility index (Phi) is 4.01. The van der Waals surface area contributed by atoms with Crippen molar-refractivity contribution in [2.24, 2.45) is 5.18 Å². The number of benzene rings is 1. The fourth-order valence-corrected chi connectivity index (χ4v) is 2.38. The van der Waals surface area contributed by atoms with E-state index in [1.807, 2.05) is 6.07 Å². The Balaban J connectivity index is 2.30. The molecule has 0 saturated heterocycles. The number of rotatable bonds is 4. The summed E-state index contributed by atoms with van der Waals surface area (Å²) < 4.78 is 4.89. The third-order valence-corrected chi connectivity index (χ3v) is 3.42. The van der Waals surface area contributed by atoms with Crippen LogP contribution in [-0.2, 0) is 4.74 Å². The lowest BCUT2D eigenvalue weighted by molar-refractivity contribution is 0.0520. The minimum absolute atomic E-state index is 0.303. The van der Waals surface area contributed by atoms with Crippen molar-refractivity contribution in [3.8, 4) is 10.6 Å². The number of carbonyl (C=O) groups excluding carboxylic acids is 1. The number of aryl methyl sites for hydroxylation is 1. The van der Waals surface area contributed by atoms with Gasteiger partial charge in [0.15, 0.2) is 5.69 Å². The van der Waals surface area contributed by atoms with Gasteiger partial charge in [-0.25, -0.2) is 9.78 Å². The van der Waals surface area contributed by atoms with Crippen molar-refractivity contribution in [3.63, 3.8) is 0 Å². The predicted octanol–water partition coefficient (Wildman–Crippen LogP) is 3.69. The number of hydrogen-bond acceptors (Lipinski definition) is 6. The van der Waals surface area contributed by atoms with Gasteiger partial charge < -0.3 is 4.74 Å². The molecule has 0 atom stereocenters. The molecule has 0 fully saturated rings. The Morgan fingerprint density at radius 3 is 2.89 bits per heavy atom. The van der Waals surface area contributed by atoms with Crippen molar-refractivity contribution >= 4 is 23.0 Å². The van der Waals surface area contributed by atoms with E-state index in [0.717, 1.165) is 11.1 Å². The summed E-state index contributed by atoms with van der Waals surface area (Å²) in [5, 5.41) is 5.29. The van der Waals surface area contributed by atoms with Crippen molar-refractivity contribution < 1.29 is 9.53 Å². The molecule has 0 aliphatic heterocycles. The van der Waals surface area contributed by atoms with Gasteiger partial charge in [-0.3, -0.25) is 0 Å².